The Hall–Kier alpha value is -0.114. The minimum Gasteiger partial charge on any atom is -1.00 e. The van der Waals surface area contributed by atoms with Crippen LogP contribution in [-0.4, -0.2) is 23.1 Å². The van der Waals surface area contributed by atoms with Crippen LogP contribution in [0.3, 0.4) is 0 Å². The molecule has 0 fully saturated rings. The second kappa shape index (κ2) is 7.99. The summed E-state index contributed by atoms with van der Waals surface area (Å²) >= 11 is 0. The summed E-state index contributed by atoms with van der Waals surface area (Å²) in [5.74, 6) is 0. The Morgan fingerprint density at radius 1 is 1.18 bits per heavy atom. The molecule has 0 unspecified atom stereocenters. The molecule has 0 atom stereocenters. The minimum absolute atomic E-state index is 0. The van der Waals surface area contributed by atoms with Crippen molar-refractivity contribution < 1.29 is 12.4 Å². The molecule has 0 saturated carbocycles. The molecular weight excluding hydrogens is 168 g/mol. The van der Waals surface area contributed by atoms with E-state index in [1.54, 1.807) is 6.08 Å². The maximum Gasteiger partial charge on any atom is 2.00 e. The molecule has 0 aromatic heterocycles. The second-order valence-electron chi connectivity index (χ2n) is 1.81. The summed E-state index contributed by atoms with van der Waals surface area (Å²) in [6.07, 6.45) is 3.76. The van der Waals surface area contributed by atoms with Gasteiger partial charge in [-0.15, -0.1) is 36.2 Å². The molecule has 0 aliphatic carbocycles. The molecule has 54 valence electrons. The molecule has 0 N–H and O–H groups in total. The van der Waals surface area contributed by atoms with E-state index in [2.05, 4.69) is 6.58 Å². The molecule has 0 saturated heterocycles. The van der Waals surface area contributed by atoms with Crippen LogP contribution in [0.5, 0.6) is 0 Å². The number of rotatable bonds is 2. The molecule has 1 rings (SSSR count). The maximum atomic E-state index is 3.60. The molecule has 1 aromatic carbocycles. The van der Waals surface area contributed by atoms with E-state index in [1.165, 1.54) is 5.56 Å². The van der Waals surface area contributed by atoms with Crippen molar-refractivity contribution in [2.24, 2.45) is 0 Å². The van der Waals surface area contributed by atoms with Gasteiger partial charge in [0.25, 0.3) is 0 Å². The van der Waals surface area contributed by atoms with Gasteiger partial charge in [-0.05, 0) is 0 Å². The van der Waals surface area contributed by atoms with Crippen LogP contribution in [0.25, 0.3) is 0 Å². The first-order valence-electron chi connectivity index (χ1n) is 2.94. The molecule has 1 aromatic rings. The molecule has 0 nitrogen and oxygen atoms in total. The summed E-state index contributed by atoms with van der Waals surface area (Å²) < 4.78 is 0. The van der Waals surface area contributed by atoms with Crippen molar-refractivity contribution in [2.75, 3.05) is 0 Å². The molecule has 0 amide bonds. The van der Waals surface area contributed by atoms with Gasteiger partial charge >= 0.3 is 23.1 Å². The van der Waals surface area contributed by atoms with E-state index in [4.69, 9.17) is 0 Å². The third-order valence-electron chi connectivity index (χ3n) is 1.11. The van der Waals surface area contributed by atoms with Gasteiger partial charge < -0.3 is 12.4 Å². The Balaban J connectivity index is 0. The van der Waals surface area contributed by atoms with E-state index in [9.17, 15) is 0 Å². The summed E-state index contributed by atoms with van der Waals surface area (Å²) in [4.78, 5) is 0. The smallest absolute Gasteiger partial charge is 1.00 e. The molecule has 0 bridgehead atoms. The molecule has 11 heavy (non-hydrogen) atoms. The van der Waals surface area contributed by atoms with Crippen LogP contribution in [0, 0.1) is 6.42 Å². The second-order valence-corrected chi connectivity index (χ2v) is 1.81. The summed E-state index contributed by atoms with van der Waals surface area (Å²) in [6.45, 7) is 3.60. The van der Waals surface area contributed by atoms with Gasteiger partial charge in [-0.25, -0.2) is 0 Å². The van der Waals surface area contributed by atoms with Gasteiger partial charge in [0.15, 0.2) is 0 Å². The number of allylic oxidation sites excluding steroid dienone is 1. The molecule has 0 heterocycles. The van der Waals surface area contributed by atoms with Gasteiger partial charge in [0, 0.05) is 0 Å². The Morgan fingerprint density at radius 3 is 2.18 bits per heavy atom. The largest absolute Gasteiger partial charge is 2.00 e. The SMILES string of the molecule is C=C[CH-]c1ccccc1.[Cl-].[Mg+2]. The molecular formula is C9H9ClMg. The van der Waals surface area contributed by atoms with Crippen LogP contribution in [0.2, 0.25) is 0 Å². The Morgan fingerprint density at radius 2 is 1.73 bits per heavy atom. The van der Waals surface area contributed by atoms with Gasteiger partial charge in [-0.2, -0.15) is 12.7 Å². The van der Waals surface area contributed by atoms with Gasteiger partial charge in [0.05, 0.1) is 0 Å². The first kappa shape index (κ1) is 13.5. The monoisotopic (exact) mass is 176 g/mol. The van der Waals surface area contributed by atoms with Crippen LogP contribution in [-0.2, 0) is 0 Å². The van der Waals surface area contributed by atoms with Crippen LogP contribution in [0.1, 0.15) is 5.56 Å². The zero-order chi connectivity index (χ0) is 6.53. The molecule has 0 aliphatic rings. The quantitative estimate of drug-likeness (QED) is 0.403. The van der Waals surface area contributed by atoms with Crippen molar-refractivity contribution in [3.63, 3.8) is 0 Å². The van der Waals surface area contributed by atoms with E-state index in [1.807, 2.05) is 36.8 Å². The van der Waals surface area contributed by atoms with Crippen molar-refractivity contribution in [3.8, 4) is 0 Å². The molecule has 2 heteroatoms. The van der Waals surface area contributed by atoms with E-state index >= 15 is 0 Å². The minimum atomic E-state index is 0. The van der Waals surface area contributed by atoms with Crippen molar-refractivity contribution in [3.05, 3.63) is 55.0 Å². The van der Waals surface area contributed by atoms with Crippen LogP contribution < -0.4 is 12.4 Å². The zero-order valence-electron chi connectivity index (χ0n) is 6.33. The Kier molecular flexibility index (Phi) is 9.78. The van der Waals surface area contributed by atoms with Crippen LogP contribution >= 0.6 is 0 Å². The molecule has 0 aliphatic heterocycles. The fourth-order valence-electron chi connectivity index (χ4n) is 0.700. The fourth-order valence-corrected chi connectivity index (χ4v) is 0.700. The maximum absolute atomic E-state index is 3.60. The Labute approximate surface area is 90.3 Å². The van der Waals surface area contributed by atoms with Crippen molar-refractivity contribution in [2.45, 2.75) is 0 Å². The third kappa shape index (κ3) is 5.19. The first-order valence-corrected chi connectivity index (χ1v) is 2.94. The summed E-state index contributed by atoms with van der Waals surface area (Å²) in [5, 5.41) is 0. The first-order chi connectivity index (χ1) is 4.43. The zero-order valence-corrected chi connectivity index (χ0v) is 8.50. The average Bonchev–Trinajstić information content (AvgIpc) is 1.91. The van der Waals surface area contributed by atoms with Crippen molar-refractivity contribution in [1.29, 1.82) is 0 Å². The van der Waals surface area contributed by atoms with Gasteiger partial charge in [-0.1, -0.05) is 6.07 Å². The molecule has 0 radical (unpaired) electrons. The van der Waals surface area contributed by atoms with Gasteiger partial charge in [0.2, 0.25) is 0 Å². The van der Waals surface area contributed by atoms with Crippen molar-refractivity contribution in [1.82, 2.24) is 0 Å². The van der Waals surface area contributed by atoms with E-state index in [-0.39, 0.29) is 35.5 Å². The number of benzene rings is 1. The summed E-state index contributed by atoms with van der Waals surface area (Å²) in [5.41, 5.74) is 1.20. The molecule has 0 spiro atoms. The third-order valence-corrected chi connectivity index (χ3v) is 1.11. The number of halogens is 1. The summed E-state index contributed by atoms with van der Waals surface area (Å²) in [6, 6.07) is 10.1. The summed E-state index contributed by atoms with van der Waals surface area (Å²) in [7, 11) is 0. The van der Waals surface area contributed by atoms with Crippen LogP contribution in [0.15, 0.2) is 43.0 Å². The van der Waals surface area contributed by atoms with E-state index < -0.39 is 0 Å². The fraction of sp³-hybridized carbons (Fsp3) is 0. The Bertz CT molecular complexity index is 184. The van der Waals surface area contributed by atoms with Crippen LogP contribution in [0.4, 0.5) is 0 Å². The van der Waals surface area contributed by atoms with E-state index in [0.717, 1.165) is 0 Å². The number of hydrogen-bond acceptors (Lipinski definition) is 0. The van der Waals surface area contributed by atoms with Gasteiger partial charge in [-0.3, -0.25) is 0 Å². The van der Waals surface area contributed by atoms with Crippen molar-refractivity contribution >= 4 is 23.1 Å². The normalized spacial score (nSPS) is 6.91. The predicted molar refractivity (Wildman–Crippen MR) is 45.8 cm³/mol. The predicted octanol–water partition coefficient (Wildman–Crippen LogP) is -0.952. The topological polar surface area (TPSA) is 0 Å². The average molecular weight is 177 g/mol. The van der Waals surface area contributed by atoms with E-state index in [0.29, 0.717) is 0 Å². The standard InChI is InChI=1S/C9H9.ClH.Mg/c1-2-6-9-7-4-3-5-8-9;;/h2-8H,1H2;1H;/q-1;;+2/p-1. The van der Waals surface area contributed by atoms with Gasteiger partial charge in [0.1, 0.15) is 0 Å². The number of hydrogen-bond donors (Lipinski definition) is 0.